The van der Waals surface area contributed by atoms with Gasteiger partial charge < -0.3 is 5.32 Å². The lowest BCUT2D eigenvalue weighted by Gasteiger charge is -2.07. The molecule has 0 atom stereocenters. The molecule has 1 N–H and O–H groups in total. The molecule has 1 heterocycles. The lowest BCUT2D eigenvalue weighted by Crippen LogP contribution is -2.12. The summed E-state index contributed by atoms with van der Waals surface area (Å²) in [6.45, 7) is 3.89. The highest BCUT2D eigenvalue weighted by Gasteiger charge is 2.07. The fraction of sp³-hybridized carbons (Fsp3) is 0.143. The Bertz CT molecular complexity index is 596. The average molecular weight is 305 g/mol. The highest BCUT2D eigenvalue weighted by molar-refractivity contribution is 9.10. The third-order valence-electron chi connectivity index (χ3n) is 2.55. The maximum Gasteiger partial charge on any atom is 0.257 e. The molecule has 0 aliphatic heterocycles. The zero-order valence-electron chi connectivity index (χ0n) is 10.2. The van der Waals surface area contributed by atoms with Gasteiger partial charge in [-0.1, -0.05) is 15.9 Å². The van der Waals surface area contributed by atoms with Crippen LogP contribution in [0, 0.1) is 13.8 Å². The number of nitrogens with zero attached hydrogens (tertiary/aromatic N) is 1. The Hall–Kier alpha value is -1.68. The molecule has 4 heteroatoms. The molecule has 1 aromatic heterocycles. The van der Waals surface area contributed by atoms with Gasteiger partial charge in [0.25, 0.3) is 5.91 Å². The maximum absolute atomic E-state index is 12.0. The van der Waals surface area contributed by atoms with Crippen LogP contribution in [0.2, 0.25) is 0 Å². The lowest BCUT2D eigenvalue weighted by atomic mass is 10.2. The summed E-state index contributed by atoms with van der Waals surface area (Å²) in [6, 6.07) is 7.51. The predicted octanol–water partition coefficient (Wildman–Crippen LogP) is 3.71. The molecule has 2 aromatic rings. The van der Waals surface area contributed by atoms with Crippen LogP contribution in [0.15, 0.2) is 41.1 Å². The minimum atomic E-state index is -0.145. The number of carbonyl (C=O) groups excluding carboxylic acids is 1. The van der Waals surface area contributed by atoms with E-state index >= 15 is 0 Å². The lowest BCUT2D eigenvalue weighted by molar-refractivity contribution is 0.102. The minimum absolute atomic E-state index is 0.145. The van der Waals surface area contributed by atoms with Crippen LogP contribution in [0.1, 0.15) is 21.5 Å². The van der Waals surface area contributed by atoms with Crippen LogP contribution >= 0.6 is 15.9 Å². The summed E-state index contributed by atoms with van der Waals surface area (Å²) in [4.78, 5) is 16.0. The van der Waals surface area contributed by atoms with E-state index in [1.165, 1.54) is 0 Å². The molecule has 2 rings (SSSR count). The Kier molecular flexibility index (Phi) is 3.77. The molecule has 0 saturated heterocycles. The second kappa shape index (κ2) is 5.31. The van der Waals surface area contributed by atoms with Crippen LogP contribution < -0.4 is 5.32 Å². The van der Waals surface area contributed by atoms with E-state index in [4.69, 9.17) is 0 Å². The van der Waals surface area contributed by atoms with Crippen molar-refractivity contribution in [3.63, 3.8) is 0 Å². The van der Waals surface area contributed by atoms with E-state index in [1.54, 1.807) is 12.4 Å². The monoisotopic (exact) mass is 304 g/mol. The van der Waals surface area contributed by atoms with Gasteiger partial charge in [0.15, 0.2) is 0 Å². The van der Waals surface area contributed by atoms with E-state index < -0.39 is 0 Å². The molecule has 0 bridgehead atoms. The van der Waals surface area contributed by atoms with E-state index in [1.807, 2.05) is 38.1 Å². The van der Waals surface area contributed by atoms with Crippen LogP contribution in [0.25, 0.3) is 0 Å². The summed E-state index contributed by atoms with van der Waals surface area (Å²) < 4.78 is 1.03. The van der Waals surface area contributed by atoms with Crippen molar-refractivity contribution in [1.82, 2.24) is 4.98 Å². The van der Waals surface area contributed by atoms with E-state index in [0.29, 0.717) is 5.56 Å². The van der Waals surface area contributed by atoms with Gasteiger partial charge in [-0.3, -0.25) is 9.78 Å². The van der Waals surface area contributed by atoms with Crippen molar-refractivity contribution >= 4 is 27.5 Å². The molecule has 0 aliphatic carbocycles. The highest BCUT2D eigenvalue weighted by atomic mass is 79.9. The molecule has 1 amide bonds. The SMILES string of the molecule is Cc1cncc(C(=O)Nc2ccc(Br)c(C)c2)c1. The summed E-state index contributed by atoms with van der Waals surface area (Å²) in [7, 11) is 0. The van der Waals surface area contributed by atoms with Gasteiger partial charge in [0.05, 0.1) is 5.56 Å². The molecule has 0 radical (unpaired) electrons. The van der Waals surface area contributed by atoms with E-state index in [2.05, 4.69) is 26.2 Å². The largest absolute Gasteiger partial charge is 0.322 e. The second-order valence-electron chi connectivity index (χ2n) is 4.17. The molecular formula is C14H13BrN2O. The van der Waals surface area contributed by atoms with Gasteiger partial charge in [0.2, 0.25) is 0 Å². The maximum atomic E-state index is 12.0. The number of carbonyl (C=O) groups is 1. The number of benzene rings is 1. The molecule has 0 unspecified atom stereocenters. The number of aromatic nitrogens is 1. The Balaban J connectivity index is 2.18. The van der Waals surface area contributed by atoms with Crippen molar-refractivity contribution in [2.45, 2.75) is 13.8 Å². The fourth-order valence-electron chi connectivity index (χ4n) is 1.60. The molecule has 18 heavy (non-hydrogen) atoms. The quantitative estimate of drug-likeness (QED) is 0.919. The van der Waals surface area contributed by atoms with Gasteiger partial charge in [-0.15, -0.1) is 0 Å². The predicted molar refractivity (Wildman–Crippen MR) is 75.8 cm³/mol. The van der Waals surface area contributed by atoms with Crippen molar-refractivity contribution in [1.29, 1.82) is 0 Å². The first-order valence-electron chi connectivity index (χ1n) is 5.55. The van der Waals surface area contributed by atoms with Gasteiger partial charge in [0.1, 0.15) is 0 Å². The highest BCUT2D eigenvalue weighted by Crippen LogP contribution is 2.20. The van der Waals surface area contributed by atoms with Crippen LogP contribution in [0.5, 0.6) is 0 Å². The second-order valence-corrected chi connectivity index (χ2v) is 5.02. The number of amides is 1. The minimum Gasteiger partial charge on any atom is -0.322 e. The average Bonchev–Trinajstić information content (AvgIpc) is 2.34. The molecule has 0 aliphatic rings. The molecule has 1 aromatic carbocycles. The van der Waals surface area contributed by atoms with Crippen molar-refractivity contribution in [2.24, 2.45) is 0 Å². The number of hydrogen-bond donors (Lipinski definition) is 1. The summed E-state index contributed by atoms with van der Waals surface area (Å²) in [6.07, 6.45) is 3.29. The Labute approximate surface area is 114 Å². The number of hydrogen-bond acceptors (Lipinski definition) is 2. The van der Waals surface area contributed by atoms with Crippen LogP contribution in [0.3, 0.4) is 0 Å². The number of anilines is 1. The molecule has 0 saturated carbocycles. The van der Waals surface area contributed by atoms with E-state index in [-0.39, 0.29) is 5.91 Å². The van der Waals surface area contributed by atoms with Crippen molar-refractivity contribution in [3.05, 3.63) is 57.8 Å². The fourth-order valence-corrected chi connectivity index (χ4v) is 1.85. The van der Waals surface area contributed by atoms with Gasteiger partial charge in [0, 0.05) is 22.6 Å². The Morgan fingerprint density at radius 3 is 2.67 bits per heavy atom. The first-order valence-corrected chi connectivity index (χ1v) is 6.35. The van der Waals surface area contributed by atoms with Gasteiger partial charge in [-0.2, -0.15) is 0 Å². The van der Waals surface area contributed by atoms with Crippen LogP contribution in [-0.4, -0.2) is 10.9 Å². The van der Waals surface area contributed by atoms with Crippen molar-refractivity contribution in [2.75, 3.05) is 5.32 Å². The van der Waals surface area contributed by atoms with Crippen LogP contribution in [0.4, 0.5) is 5.69 Å². The first-order chi connectivity index (χ1) is 8.56. The Morgan fingerprint density at radius 2 is 2.00 bits per heavy atom. The zero-order valence-corrected chi connectivity index (χ0v) is 11.8. The van der Waals surface area contributed by atoms with E-state index in [9.17, 15) is 4.79 Å². The van der Waals surface area contributed by atoms with Crippen molar-refractivity contribution in [3.8, 4) is 0 Å². The van der Waals surface area contributed by atoms with E-state index in [0.717, 1.165) is 21.3 Å². The number of rotatable bonds is 2. The smallest absolute Gasteiger partial charge is 0.257 e. The molecular weight excluding hydrogens is 292 g/mol. The topological polar surface area (TPSA) is 42.0 Å². The van der Waals surface area contributed by atoms with Gasteiger partial charge >= 0.3 is 0 Å². The summed E-state index contributed by atoms with van der Waals surface area (Å²) in [5.74, 6) is -0.145. The number of nitrogens with one attached hydrogen (secondary N) is 1. The summed E-state index contributed by atoms with van der Waals surface area (Å²) in [5.41, 5.74) is 3.39. The number of aryl methyl sites for hydroxylation is 2. The molecule has 0 fully saturated rings. The number of halogens is 1. The van der Waals surface area contributed by atoms with Crippen molar-refractivity contribution < 1.29 is 4.79 Å². The first kappa shape index (κ1) is 12.8. The Morgan fingerprint density at radius 1 is 1.22 bits per heavy atom. The molecule has 3 nitrogen and oxygen atoms in total. The normalized spacial score (nSPS) is 10.2. The van der Waals surface area contributed by atoms with Crippen LogP contribution in [-0.2, 0) is 0 Å². The zero-order chi connectivity index (χ0) is 13.1. The molecule has 92 valence electrons. The third-order valence-corrected chi connectivity index (χ3v) is 3.44. The number of pyridine rings is 1. The molecule has 0 spiro atoms. The summed E-state index contributed by atoms with van der Waals surface area (Å²) in [5, 5.41) is 2.85. The standard InChI is InChI=1S/C14H13BrN2O/c1-9-5-11(8-16-7-9)14(18)17-12-3-4-13(15)10(2)6-12/h3-8H,1-2H3,(H,17,18). The third kappa shape index (κ3) is 2.96. The summed E-state index contributed by atoms with van der Waals surface area (Å²) >= 11 is 3.43. The van der Waals surface area contributed by atoms with Gasteiger partial charge in [-0.05, 0) is 49.2 Å². The van der Waals surface area contributed by atoms with Gasteiger partial charge in [-0.25, -0.2) is 0 Å².